The number of carbonyl (C=O) groups is 1. The van der Waals surface area contributed by atoms with Crippen molar-refractivity contribution in [3.8, 4) is 11.5 Å². The van der Waals surface area contributed by atoms with E-state index in [9.17, 15) is 4.79 Å². The molecule has 29 heavy (non-hydrogen) atoms. The van der Waals surface area contributed by atoms with Crippen LogP contribution in [-0.2, 0) is 21.4 Å². The number of ether oxygens (including phenoxy) is 3. The van der Waals surface area contributed by atoms with Gasteiger partial charge in [0.15, 0.2) is 11.5 Å². The van der Waals surface area contributed by atoms with Gasteiger partial charge in [0.05, 0.1) is 6.42 Å². The van der Waals surface area contributed by atoms with Crippen LogP contribution in [0.15, 0.2) is 36.4 Å². The summed E-state index contributed by atoms with van der Waals surface area (Å²) in [5.41, 5.74) is 1.63. The van der Waals surface area contributed by atoms with Crippen LogP contribution in [-0.4, -0.2) is 38.9 Å². The van der Waals surface area contributed by atoms with E-state index in [4.69, 9.17) is 37.4 Å². The van der Waals surface area contributed by atoms with Crippen LogP contribution in [0.25, 0.3) is 0 Å². The lowest BCUT2D eigenvalue weighted by Crippen LogP contribution is -2.45. The number of hydrogen-bond acceptors (Lipinski definition) is 4. The van der Waals surface area contributed by atoms with E-state index in [1.54, 1.807) is 6.07 Å². The Labute approximate surface area is 180 Å². The monoisotopic (exact) mass is 435 g/mol. The molecule has 5 nitrogen and oxygen atoms in total. The van der Waals surface area contributed by atoms with Crippen LogP contribution < -0.4 is 14.8 Å². The van der Waals surface area contributed by atoms with Crippen molar-refractivity contribution in [2.24, 2.45) is 0 Å². The van der Waals surface area contributed by atoms with E-state index >= 15 is 0 Å². The minimum absolute atomic E-state index is 0.0439. The fourth-order valence-electron chi connectivity index (χ4n) is 3.94. The molecule has 2 aliphatic heterocycles. The maximum atomic E-state index is 12.7. The van der Waals surface area contributed by atoms with Crippen LogP contribution in [0.1, 0.15) is 24.0 Å². The van der Waals surface area contributed by atoms with Crippen LogP contribution in [0.2, 0.25) is 10.0 Å². The van der Waals surface area contributed by atoms with Gasteiger partial charge in [0, 0.05) is 35.2 Å². The van der Waals surface area contributed by atoms with Gasteiger partial charge in [-0.2, -0.15) is 0 Å². The molecule has 0 spiro atoms. The zero-order chi connectivity index (χ0) is 20.3. The van der Waals surface area contributed by atoms with Crippen LogP contribution in [0.3, 0.4) is 0 Å². The second-order valence-electron chi connectivity index (χ2n) is 7.45. The predicted octanol–water partition coefficient (Wildman–Crippen LogP) is 4.17. The smallest absolute Gasteiger partial charge is 0.224 e. The molecule has 1 fully saturated rings. The number of rotatable bonds is 5. The SMILES string of the molecule is O=C(Cc1ccc2c(c1)OCCO2)NCC1(c2ccc(Cl)cc2Cl)CCOCC1. The Kier molecular flexibility index (Phi) is 6.18. The third kappa shape index (κ3) is 4.63. The lowest BCUT2D eigenvalue weighted by Gasteiger charge is -2.38. The van der Waals surface area contributed by atoms with Crippen LogP contribution >= 0.6 is 23.2 Å². The van der Waals surface area contributed by atoms with Gasteiger partial charge in [0.25, 0.3) is 0 Å². The zero-order valence-electron chi connectivity index (χ0n) is 16.0. The average molecular weight is 436 g/mol. The molecule has 0 aromatic heterocycles. The number of benzene rings is 2. The van der Waals surface area contributed by atoms with Gasteiger partial charge in [-0.05, 0) is 48.2 Å². The summed E-state index contributed by atoms with van der Waals surface area (Å²) in [4.78, 5) is 12.7. The lowest BCUT2D eigenvalue weighted by atomic mass is 9.74. The normalized spacial score (nSPS) is 17.6. The van der Waals surface area contributed by atoms with Crippen molar-refractivity contribution in [3.05, 3.63) is 57.6 Å². The minimum atomic E-state index is -0.262. The van der Waals surface area contributed by atoms with Gasteiger partial charge in [-0.1, -0.05) is 35.3 Å². The number of carbonyl (C=O) groups excluding carboxylic acids is 1. The lowest BCUT2D eigenvalue weighted by molar-refractivity contribution is -0.120. The van der Waals surface area contributed by atoms with Crippen LogP contribution in [0, 0.1) is 0 Å². The fourth-order valence-corrected chi connectivity index (χ4v) is 4.55. The Hall–Kier alpha value is -1.95. The Morgan fingerprint density at radius 2 is 1.72 bits per heavy atom. The maximum absolute atomic E-state index is 12.7. The standard InChI is InChI=1S/C22H23Cl2NO4/c23-16-2-3-17(18(24)13-16)22(5-7-27-8-6-22)14-25-21(26)12-15-1-4-19-20(11-15)29-10-9-28-19/h1-4,11,13H,5-10,12,14H2,(H,25,26). The molecule has 1 N–H and O–H groups in total. The van der Waals surface area contributed by atoms with Gasteiger partial charge >= 0.3 is 0 Å². The molecule has 4 rings (SSSR count). The summed E-state index contributed by atoms with van der Waals surface area (Å²) in [6.07, 6.45) is 1.86. The average Bonchev–Trinajstić information content (AvgIpc) is 2.73. The largest absolute Gasteiger partial charge is 0.486 e. The summed E-state index contributed by atoms with van der Waals surface area (Å²) in [6, 6.07) is 11.2. The molecule has 1 saturated heterocycles. The first-order valence-corrected chi connectivity index (χ1v) is 10.5. The van der Waals surface area contributed by atoms with E-state index in [1.165, 1.54) is 0 Å². The summed E-state index contributed by atoms with van der Waals surface area (Å²) in [5, 5.41) is 4.33. The topological polar surface area (TPSA) is 56.8 Å². The van der Waals surface area contributed by atoms with Crippen molar-refractivity contribution < 1.29 is 19.0 Å². The Morgan fingerprint density at radius 3 is 2.48 bits per heavy atom. The van der Waals surface area contributed by atoms with Gasteiger partial charge < -0.3 is 19.5 Å². The summed E-state index contributed by atoms with van der Waals surface area (Å²) in [5.74, 6) is 1.37. The summed E-state index contributed by atoms with van der Waals surface area (Å²) in [7, 11) is 0. The number of fused-ring (bicyclic) bond motifs is 1. The molecular weight excluding hydrogens is 413 g/mol. The van der Waals surface area contributed by atoms with E-state index in [0.717, 1.165) is 29.7 Å². The van der Waals surface area contributed by atoms with E-state index in [2.05, 4.69) is 5.32 Å². The van der Waals surface area contributed by atoms with Gasteiger partial charge in [-0.25, -0.2) is 0 Å². The molecule has 2 aromatic carbocycles. The van der Waals surface area contributed by atoms with Crippen molar-refractivity contribution in [1.29, 1.82) is 0 Å². The van der Waals surface area contributed by atoms with Crippen LogP contribution in [0.5, 0.6) is 11.5 Å². The third-order valence-electron chi connectivity index (χ3n) is 5.55. The first-order chi connectivity index (χ1) is 14.1. The minimum Gasteiger partial charge on any atom is -0.486 e. The molecule has 7 heteroatoms. The Bertz CT molecular complexity index is 896. The van der Waals surface area contributed by atoms with Crippen molar-refractivity contribution >= 4 is 29.1 Å². The maximum Gasteiger partial charge on any atom is 0.224 e. The number of halogens is 2. The van der Waals surface area contributed by atoms with Crippen LogP contribution in [0.4, 0.5) is 0 Å². The van der Waals surface area contributed by atoms with Crippen molar-refractivity contribution in [3.63, 3.8) is 0 Å². The highest BCUT2D eigenvalue weighted by Crippen LogP contribution is 2.39. The fraction of sp³-hybridized carbons (Fsp3) is 0.409. The summed E-state index contributed by atoms with van der Waals surface area (Å²) in [6.45, 7) is 2.84. The molecule has 2 aliphatic rings. The highest BCUT2D eigenvalue weighted by Gasteiger charge is 2.36. The zero-order valence-corrected chi connectivity index (χ0v) is 17.5. The van der Waals surface area contributed by atoms with E-state index in [-0.39, 0.29) is 17.7 Å². The number of hydrogen-bond donors (Lipinski definition) is 1. The molecule has 2 heterocycles. The highest BCUT2D eigenvalue weighted by molar-refractivity contribution is 6.35. The van der Waals surface area contributed by atoms with Crippen molar-refractivity contribution in [2.75, 3.05) is 33.0 Å². The van der Waals surface area contributed by atoms with Gasteiger partial charge in [-0.3, -0.25) is 4.79 Å². The predicted molar refractivity (Wildman–Crippen MR) is 112 cm³/mol. The van der Waals surface area contributed by atoms with E-state index in [1.807, 2.05) is 30.3 Å². The molecule has 0 aliphatic carbocycles. The van der Waals surface area contributed by atoms with E-state index in [0.29, 0.717) is 48.8 Å². The second-order valence-corrected chi connectivity index (χ2v) is 8.29. The van der Waals surface area contributed by atoms with Crippen molar-refractivity contribution in [2.45, 2.75) is 24.7 Å². The number of nitrogens with one attached hydrogen (secondary N) is 1. The molecule has 0 saturated carbocycles. The van der Waals surface area contributed by atoms with Crippen molar-refractivity contribution in [1.82, 2.24) is 5.32 Å². The first kappa shape index (κ1) is 20.3. The highest BCUT2D eigenvalue weighted by atomic mass is 35.5. The third-order valence-corrected chi connectivity index (χ3v) is 6.10. The summed E-state index contributed by atoms with van der Waals surface area (Å²) < 4.78 is 16.7. The molecular formula is C22H23Cl2NO4. The van der Waals surface area contributed by atoms with Gasteiger partial charge in [0.1, 0.15) is 13.2 Å². The summed E-state index contributed by atoms with van der Waals surface area (Å²) >= 11 is 12.6. The molecule has 1 amide bonds. The Balaban J connectivity index is 1.45. The molecule has 154 valence electrons. The molecule has 2 aromatic rings. The molecule has 0 unspecified atom stereocenters. The van der Waals surface area contributed by atoms with Gasteiger partial charge in [-0.15, -0.1) is 0 Å². The quantitative estimate of drug-likeness (QED) is 0.765. The Morgan fingerprint density at radius 1 is 0.966 bits per heavy atom. The molecule has 0 bridgehead atoms. The molecule has 0 radical (unpaired) electrons. The van der Waals surface area contributed by atoms with E-state index < -0.39 is 0 Å². The molecule has 0 atom stereocenters. The van der Waals surface area contributed by atoms with Gasteiger partial charge in [0.2, 0.25) is 5.91 Å². The number of amides is 1. The second kappa shape index (κ2) is 8.82. The first-order valence-electron chi connectivity index (χ1n) is 9.74.